The van der Waals surface area contributed by atoms with E-state index in [9.17, 15) is 25.1 Å². The monoisotopic (exact) mass is 393 g/mol. The van der Waals surface area contributed by atoms with Crippen molar-refractivity contribution in [3.63, 3.8) is 0 Å². The number of hydrazone groups is 1. The van der Waals surface area contributed by atoms with Crippen LogP contribution in [-0.4, -0.2) is 27.3 Å². The summed E-state index contributed by atoms with van der Waals surface area (Å²) < 4.78 is 0.388. The quantitative estimate of drug-likeness (QED) is 0.408. The Morgan fingerprint density at radius 3 is 2.75 bits per heavy atom. The lowest BCUT2D eigenvalue weighted by molar-refractivity contribution is -0.385. The van der Waals surface area contributed by atoms with E-state index >= 15 is 0 Å². The third kappa shape index (κ3) is 4.53. The molecule has 0 aliphatic carbocycles. The molecule has 0 aliphatic rings. The van der Waals surface area contributed by atoms with Crippen molar-refractivity contribution in [2.75, 3.05) is 0 Å². The number of nitro groups is 1. The van der Waals surface area contributed by atoms with Gasteiger partial charge in [0, 0.05) is 16.1 Å². The number of benzene rings is 2. The van der Waals surface area contributed by atoms with Crippen LogP contribution in [0.2, 0.25) is 0 Å². The number of nitrogens with zero attached hydrogens (tertiary/aromatic N) is 2. The molecule has 8 nitrogen and oxygen atoms in total. The Morgan fingerprint density at radius 1 is 1.33 bits per heavy atom. The van der Waals surface area contributed by atoms with Crippen molar-refractivity contribution in [3.8, 4) is 11.5 Å². The van der Waals surface area contributed by atoms with Crippen molar-refractivity contribution >= 4 is 33.7 Å². The molecule has 0 unspecified atom stereocenters. The number of amides is 1. The molecule has 0 aliphatic heterocycles. The highest BCUT2D eigenvalue weighted by Crippen LogP contribution is 2.32. The molecular formula is C15H12BrN3O5. The molecule has 0 bridgehead atoms. The van der Waals surface area contributed by atoms with E-state index < -0.39 is 22.3 Å². The van der Waals surface area contributed by atoms with Crippen LogP contribution in [0.4, 0.5) is 5.69 Å². The highest BCUT2D eigenvalue weighted by atomic mass is 79.9. The van der Waals surface area contributed by atoms with E-state index in [1.807, 2.05) is 0 Å². The first-order chi connectivity index (χ1) is 11.4. The second-order valence-electron chi connectivity index (χ2n) is 4.76. The van der Waals surface area contributed by atoms with Gasteiger partial charge in [-0.15, -0.1) is 0 Å². The summed E-state index contributed by atoms with van der Waals surface area (Å²) >= 11 is 3.10. The van der Waals surface area contributed by atoms with Crippen molar-refractivity contribution < 1.29 is 19.9 Å². The fourth-order valence-corrected chi connectivity index (χ4v) is 2.37. The summed E-state index contributed by atoms with van der Waals surface area (Å²) in [6.07, 6.45) is 1.10. The Morgan fingerprint density at radius 2 is 2.08 bits per heavy atom. The number of nitrogens with one attached hydrogen (secondary N) is 1. The Balaban J connectivity index is 2.06. The summed E-state index contributed by atoms with van der Waals surface area (Å²) in [6.45, 7) is 0. The number of halogens is 1. The zero-order chi connectivity index (χ0) is 17.7. The Hall–Kier alpha value is -2.94. The van der Waals surface area contributed by atoms with E-state index in [0.29, 0.717) is 10.0 Å². The van der Waals surface area contributed by atoms with Crippen molar-refractivity contribution in [1.29, 1.82) is 0 Å². The van der Waals surface area contributed by atoms with Crippen LogP contribution in [0, 0.1) is 10.1 Å². The molecule has 2 aromatic carbocycles. The van der Waals surface area contributed by atoms with Gasteiger partial charge in [-0.1, -0.05) is 28.1 Å². The number of hydrogen-bond acceptors (Lipinski definition) is 6. The van der Waals surface area contributed by atoms with Crippen LogP contribution in [0.3, 0.4) is 0 Å². The van der Waals surface area contributed by atoms with Crippen LogP contribution in [0.25, 0.3) is 0 Å². The molecule has 0 saturated heterocycles. The van der Waals surface area contributed by atoms with Gasteiger partial charge in [0.25, 0.3) is 0 Å². The molecule has 0 aromatic heterocycles. The third-order valence-corrected chi connectivity index (χ3v) is 3.41. The predicted octanol–water partition coefficient (Wildman–Crippen LogP) is 2.46. The molecule has 9 heteroatoms. The van der Waals surface area contributed by atoms with Gasteiger partial charge in [-0.2, -0.15) is 5.10 Å². The fourth-order valence-electron chi connectivity index (χ4n) is 1.91. The normalized spacial score (nSPS) is 10.7. The molecule has 2 aromatic rings. The van der Waals surface area contributed by atoms with E-state index in [1.165, 1.54) is 18.2 Å². The minimum atomic E-state index is -0.724. The average molecular weight is 394 g/mol. The molecule has 0 fully saturated rings. The van der Waals surface area contributed by atoms with E-state index in [1.54, 1.807) is 12.1 Å². The number of carbonyl (C=O) groups is 1. The lowest BCUT2D eigenvalue weighted by Gasteiger charge is -2.03. The molecule has 2 rings (SSSR count). The molecule has 24 heavy (non-hydrogen) atoms. The largest absolute Gasteiger partial charge is 0.508 e. The van der Waals surface area contributed by atoms with Crippen LogP contribution in [0.15, 0.2) is 46.0 Å². The van der Waals surface area contributed by atoms with Gasteiger partial charge in [0.1, 0.15) is 5.75 Å². The van der Waals surface area contributed by atoms with Gasteiger partial charge in [0.2, 0.25) is 11.7 Å². The summed E-state index contributed by atoms with van der Waals surface area (Å²) in [6, 6.07) is 8.81. The maximum Gasteiger partial charge on any atom is 0.312 e. The topological polar surface area (TPSA) is 125 Å². The lowest BCUT2D eigenvalue weighted by Crippen LogP contribution is -2.19. The average Bonchev–Trinajstić information content (AvgIpc) is 2.50. The minimum Gasteiger partial charge on any atom is -0.508 e. The van der Waals surface area contributed by atoms with Crippen LogP contribution in [-0.2, 0) is 11.2 Å². The number of phenolic OH excluding ortho intramolecular Hbond substituents is 2. The zero-order valence-corrected chi connectivity index (χ0v) is 13.7. The highest BCUT2D eigenvalue weighted by Gasteiger charge is 2.17. The molecule has 1 amide bonds. The first-order valence-corrected chi connectivity index (χ1v) is 7.43. The summed E-state index contributed by atoms with van der Waals surface area (Å²) in [5.41, 5.74) is 2.45. The van der Waals surface area contributed by atoms with Gasteiger partial charge in [-0.05, 0) is 23.8 Å². The molecule has 0 radical (unpaired) electrons. The molecule has 3 N–H and O–H groups in total. The van der Waals surface area contributed by atoms with Crippen molar-refractivity contribution in [3.05, 3.63) is 62.1 Å². The van der Waals surface area contributed by atoms with Crippen LogP contribution in [0.5, 0.6) is 11.5 Å². The lowest BCUT2D eigenvalue weighted by atomic mass is 10.1. The van der Waals surface area contributed by atoms with Gasteiger partial charge in [-0.3, -0.25) is 14.9 Å². The number of rotatable bonds is 5. The first-order valence-electron chi connectivity index (χ1n) is 6.63. The van der Waals surface area contributed by atoms with E-state index in [2.05, 4.69) is 26.5 Å². The number of phenols is 2. The Kier molecular flexibility index (Phi) is 5.48. The SMILES string of the molecule is O=C(Cc1cccc(O)c1)NN=Cc1cc(Br)cc([N+](=O)[O-])c1O. The first kappa shape index (κ1) is 17.4. The van der Waals surface area contributed by atoms with Crippen LogP contribution >= 0.6 is 15.9 Å². The number of carbonyl (C=O) groups excluding carboxylic acids is 1. The Labute approximate surface area is 144 Å². The zero-order valence-electron chi connectivity index (χ0n) is 12.1. The summed E-state index contributed by atoms with van der Waals surface area (Å²) in [4.78, 5) is 21.9. The van der Waals surface area contributed by atoms with Crippen molar-refractivity contribution in [2.45, 2.75) is 6.42 Å². The fraction of sp³-hybridized carbons (Fsp3) is 0.0667. The van der Waals surface area contributed by atoms with Crippen molar-refractivity contribution in [2.24, 2.45) is 5.10 Å². The third-order valence-electron chi connectivity index (χ3n) is 2.95. The van der Waals surface area contributed by atoms with E-state index in [4.69, 9.17) is 0 Å². The summed E-state index contributed by atoms with van der Waals surface area (Å²) in [5, 5.41) is 33.7. The second kappa shape index (κ2) is 7.55. The number of nitro benzene ring substituents is 1. The Bertz CT molecular complexity index is 823. The molecular weight excluding hydrogens is 382 g/mol. The van der Waals surface area contributed by atoms with Crippen LogP contribution < -0.4 is 5.43 Å². The molecule has 0 atom stereocenters. The molecule has 124 valence electrons. The second-order valence-corrected chi connectivity index (χ2v) is 5.68. The van der Waals surface area contributed by atoms with Crippen molar-refractivity contribution in [1.82, 2.24) is 5.43 Å². The molecule has 0 saturated carbocycles. The standard InChI is InChI=1S/C15H12BrN3O5/c16-11-6-10(15(22)13(7-11)19(23)24)8-17-18-14(21)5-9-2-1-3-12(20)4-9/h1-4,6-8,20,22H,5H2,(H,18,21). The highest BCUT2D eigenvalue weighted by molar-refractivity contribution is 9.10. The summed E-state index contributed by atoms with van der Waals surface area (Å²) in [7, 11) is 0. The predicted molar refractivity (Wildman–Crippen MR) is 90.0 cm³/mol. The van der Waals surface area contributed by atoms with Gasteiger partial charge in [0.05, 0.1) is 17.6 Å². The number of hydrogen-bond donors (Lipinski definition) is 3. The van der Waals surface area contributed by atoms with E-state index in [-0.39, 0.29) is 17.7 Å². The molecule has 0 spiro atoms. The maximum absolute atomic E-state index is 11.8. The summed E-state index contributed by atoms with van der Waals surface area (Å²) in [5.74, 6) is -0.940. The van der Waals surface area contributed by atoms with Gasteiger partial charge < -0.3 is 10.2 Å². The minimum absolute atomic E-state index is 0.00362. The molecule has 0 heterocycles. The van der Waals surface area contributed by atoms with Gasteiger partial charge in [0.15, 0.2) is 0 Å². The van der Waals surface area contributed by atoms with Gasteiger partial charge in [-0.25, -0.2) is 5.43 Å². The van der Waals surface area contributed by atoms with Crippen LogP contribution in [0.1, 0.15) is 11.1 Å². The smallest absolute Gasteiger partial charge is 0.312 e. The van der Waals surface area contributed by atoms with E-state index in [0.717, 1.165) is 12.3 Å². The maximum atomic E-state index is 11.8. The van der Waals surface area contributed by atoms with Gasteiger partial charge >= 0.3 is 5.69 Å². The number of aromatic hydroxyl groups is 2.